The molecule has 1 aromatic rings. The number of carboxylic acid groups (broad SMARTS) is 1. The van der Waals surface area contributed by atoms with E-state index in [1.54, 1.807) is 30.3 Å². The Balaban J connectivity index is 2.64. The lowest BCUT2D eigenvalue weighted by atomic mass is 10.2. The van der Waals surface area contributed by atoms with Gasteiger partial charge in [-0.1, -0.05) is 41.4 Å². The lowest BCUT2D eigenvalue weighted by Gasteiger charge is -1.98. The van der Waals surface area contributed by atoms with Crippen LogP contribution in [0.2, 0.25) is 0 Å². The first-order chi connectivity index (χ1) is 8.52. The third-order valence-electron chi connectivity index (χ3n) is 1.78. The Morgan fingerprint density at radius 3 is 2.39 bits per heavy atom. The number of benzene rings is 1. The van der Waals surface area contributed by atoms with Crippen LogP contribution in [0.25, 0.3) is 0 Å². The van der Waals surface area contributed by atoms with Gasteiger partial charge in [0.05, 0.1) is 11.2 Å². The van der Waals surface area contributed by atoms with Crippen LogP contribution < -0.4 is 5.43 Å². The monoisotopic (exact) mass is 286 g/mol. The Kier molecular flexibility index (Phi) is 5.35. The van der Waals surface area contributed by atoms with E-state index in [2.05, 4.69) is 10.5 Å². The fourth-order valence-electron chi connectivity index (χ4n) is 0.960. The van der Waals surface area contributed by atoms with Gasteiger partial charge in [0, 0.05) is 5.56 Å². The number of aliphatic carboxylic acids is 1. The summed E-state index contributed by atoms with van der Waals surface area (Å²) in [6.07, 6.45) is 0.943. The third-order valence-corrected chi connectivity index (χ3v) is 2.53. The highest BCUT2D eigenvalue weighted by Crippen LogP contribution is 2.11. The smallest absolute Gasteiger partial charge is 0.348 e. The van der Waals surface area contributed by atoms with Gasteiger partial charge in [0.1, 0.15) is 5.03 Å². The minimum absolute atomic E-state index is 0.280. The molecule has 1 amide bonds. The number of allylic oxidation sites excluding steroid dienone is 1. The van der Waals surface area contributed by atoms with Crippen molar-refractivity contribution in [2.24, 2.45) is 5.10 Å². The number of hydrogen-bond acceptors (Lipinski definition) is 3. The fraction of sp³-hybridized carbons (Fsp3) is 0. The molecule has 0 atom stereocenters. The molecule has 0 aromatic heterocycles. The summed E-state index contributed by atoms with van der Waals surface area (Å²) in [5, 5.41) is 11.1. The molecule has 0 aliphatic rings. The number of carbonyl (C=O) groups excluding carboxylic acids is 1. The molecular formula is C11H8Cl2N2O3. The van der Waals surface area contributed by atoms with Gasteiger partial charge >= 0.3 is 5.97 Å². The first kappa shape index (κ1) is 14.2. The summed E-state index contributed by atoms with van der Waals surface area (Å²) >= 11 is 10.9. The summed E-state index contributed by atoms with van der Waals surface area (Å²) in [5.74, 6) is -1.81. The summed E-state index contributed by atoms with van der Waals surface area (Å²) in [7, 11) is 0. The Morgan fingerprint density at radius 1 is 1.22 bits per heavy atom. The number of hydrogen-bond donors (Lipinski definition) is 2. The zero-order valence-electron chi connectivity index (χ0n) is 8.93. The summed E-state index contributed by atoms with van der Waals surface area (Å²) in [6.45, 7) is 0. The minimum atomic E-state index is -1.37. The Bertz CT molecular complexity index is 512. The van der Waals surface area contributed by atoms with Gasteiger partial charge in [-0.15, -0.1) is 0 Å². The lowest BCUT2D eigenvalue weighted by molar-refractivity contribution is -0.131. The molecule has 0 spiro atoms. The molecule has 18 heavy (non-hydrogen) atoms. The van der Waals surface area contributed by atoms with Crippen LogP contribution in [0.1, 0.15) is 10.4 Å². The van der Waals surface area contributed by atoms with Gasteiger partial charge in [0.25, 0.3) is 5.91 Å². The second-order valence-corrected chi connectivity index (χ2v) is 3.82. The van der Waals surface area contributed by atoms with Crippen molar-refractivity contribution in [2.75, 3.05) is 0 Å². The maximum atomic E-state index is 11.5. The molecule has 5 nitrogen and oxygen atoms in total. The predicted molar refractivity (Wildman–Crippen MR) is 68.8 cm³/mol. The van der Waals surface area contributed by atoms with Crippen LogP contribution in [-0.4, -0.2) is 23.2 Å². The van der Waals surface area contributed by atoms with Crippen molar-refractivity contribution in [3.8, 4) is 0 Å². The van der Waals surface area contributed by atoms with E-state index in [1.165, 1.54) is 0 Å². The summed E-state index contributed by atoms with van der Waals surface area (Å²) < 4.78 is 0. The number of carbonyl (C=O) groups is 2. The average Bonchev–Trinajstić information content (AvgIpc) is 2.38. The molecule has 0 saturated carbocycles. The molecule has 0 aliphatic heterocycles. The molecule has 94 valence electrons. The van der Waals surface area contributed by atoms with Gasteiger partial charge in [-0.3, -0.25) is 4.79 Å². The van der Waals surface area contributed by atoms with Crippen LogP contribution in [0.3, 0.4) is 0 Å². The topological polar surface area (TPSA) is 78.8 Å². The van der Waals surface area contributed by atoms with Crippen molar-refractivity contribution < 1.29 is 14.7 Å². The number of nitrogens with zero attached hydrogens (tertiary/aromatic N) is 1. The van der Waals surface area contributed by atoms with Crippen molar-refractivity contribution in [1.82, 2.24) is 5.43 Å². The first-order valence-electron chi connectivity index (χ1n) is 4.69. The maximum Gasteiger partial charge on any atom is 0.348 e. The number of amides is 1. The summed E-state index contributed by atoms with van der Waals surface area (Å²) in [4.78, 5) is 21.9. The molecule has 7 heteroatoms. The van der Waals surface area contributed by atoms with Crippen LogP contribution >= 0.6 is 23.2 Å². The molecule has 0 aliphatic carbocycles. The quantitative estimate of drug-likeness (QED) is 0.506. The van der Waals surface area contributed by atoms with Crippen molar-refractivity contribution in [3.63, 3.8) is 0 Å². The van der Waals surface area contributed by atoms with E-state index in [4.69, 9.17) is 28.3 Å². The Morgan fingerprint density at radius 2 is 1.83 bits per heavy atom. The predicted octanol–water partition coefficient (Wildman–Crippen LogP) is 2.18. The van der Waals surface area contributed by atoms with Crippen molar-refractivity contribution >= 4 is 41.3 Å². The van der Waals surface area contributed by atoms with Crippen LogP contribution in [0.4, 0.5) is 0 Å². The van der Waals surface area contributed by atoms with Gasteiger partial charge in [-0.05, 0) is 12.1 Å². The summed E-state index contributed by atoms with van der Waals surface area (Å²) in [5.41, 5.74) is 2.60. The number of nitrogens with one attached hydrogen (secondary N) is 1. The molecule has 2 N–H and O–H groups in total. The lowest BCUT2D eigenvalue weighted by Crippen LogP contribution is -2.17. The summed E-state index contributed by atoms with van der Waals surface area (Å²) in [6, 6.07) is 8.38. The molecule has 0 heterocycles. The standard InChI is InChI=1S/C11H8Cl2N2O3/c12-8(9(13)11(17)18)6-14-15-10(16)7-4-2-1-3-5-7/h1-6H,(H,15,16)(H,17,18). The molecule has 0 saturated heterocycles. The normalized spacial score (nSPS) is 12.1. The second kappa shape index (κ2) is 6.78. The van der Waals surface area contributed by atoms with Crippen LogP contribution in [0.5, 0.6) is 0 Å². The highest BCUT2D eigenvalue weighted by atomic mass is 35.5. The highest BCUT2D eigenvalue weighted by Gasteiger charge is 2.08. The molecule has 0 bridgehead atoms. The van der Waals surface area contributed by atoms with E-state index in [9.17, 15) is 9.59 Å². The highest BCUT2D eigenvalue weighted by molar-refractivity contribution is 6.51. The van der Waals surface area contributed by atoms with Crippen molar-refractivity contribution in [1.29, 1.82) is 0 Å². The second-order valence-electron chi connectivity index (χ2n) is 3.03. The number of rotatable bonds is 4. The largest absolute Gasteiger partial charge is 0.477 e. The average molecular weight is 287 g/mol. The van der Waals surface area contributed by atoms with Crippen molar-refractivity contribution in [2.45, 2.75) is 0 Å². The fourth-order valence-corrected chi connectivity index (χ4v) is 1.14. The Labute approximate surface area is 113 Å². The first-order valence-corrected chi connectivity index (χ1v) is 5.45. The van der Waals surface area contributed by atoms with Crippen LogP contribution in [0, 0.1) is 0 Å². The Hall–Kier alpha value is -1.85. The van der Waals surface area contributed by atoms with Crippen molar-refractivity contribution in [3.05, 3.63) is 46.0 Å². The molecular weight excluding hydrogens is 279 g/mol. The molecule has 1 rings (SSSR count). The number of carboxylic acids is 1. The van der Waals surface area contributed by atoms with Gasteiger partial charge in [0.15, 0.2) is 0 Å². The molecule has 0 unspecified atom stereocenters. The SMILES string of the molecule is O=C(O)C(Cl)=C(Cl)C=NNC(=O)c1ccccc1. The van der Waals surface area contributed by atoms with E-state index in [0.29, 0.717) is 5.56 Å². The number of halogens is 2. The van der Waals surface area contributed by atoms with E-state index in [1.807, 2.05) is 0 Å². The van der Waals surface area contributed by atoms with Gasteiger partial charge in [-0.25, -0.2) is 10.2 Å². The molecule has 0 radical (unpaired) electrons. The van der Waals surface area contributed by atoms with Crippen LogP contribution in [-0.2, 0) is 4.79 Å². The van der Waals surface area contributed by atoms with E-state index in [-0.39, 0.29) is 5.03 Å². The maximum absolute atomic E-state index is 11.5. The molecule has 1 aromatic carbocycles. The zero-order chi connectivity index (χ0) is 13.5. The van der Waals surface area contributed by atoms with E-state index >= 15 is 0 Å². The molecule has 0 fully saturated rings. The van der Waals surface area contributed by atoms with Gasteiger partial charge in [0.2, 0.25) is 0 Å². The van der Waals surface area contributed by atoms with E-state index < -0.39 is 16.9 Å². The van der Waals surface area contributed by atoms with Gasteiger partial charge in [-0.2, -0.15) is 5.10 Å². The third kappa shape index (κ3) is 4.20. The van der Waals surface area contributed by atoms with E-state index in [0.717, 1.165) is 6.21 Å². The zero-order valence-corrected chi connectivity index (χ0v) is 10.4. The van der Waals surface area contributed by atoms with Crippen LogP contribution in [0.15, 0.2) is 45.5 Å². The van der Waals surface area contributed by atoms with Gasteiger partial charge < -0.3 is 5.11 Å². The minimum Gasteiger partial charge on any atom is -0.477 e. The number of hydrazone groups is 1.